The molecule has 0 aliphatic rings. The van der Waals surface area contributed by atoms with Crippen LogP contribution in [-0.2, 0) is 5.41 Å². The van der Waals surface area contributed by atoms with E-state index >= 15 is 0 Å². The van der Waals surface area contributed by atoms with Gasteiger partial charge in [-0.3, -0.25) is 0 Å². The SMILES string of the molecule is CC(C)(C)c1onc(-c2ccc(F)c(F)c2)c1C(=O)O. The number of aromatic carboxylic acids is 1. The maximum absolute atomic E-state index is 13.3. The van der Waals surface area contributed by atoms with Crippen molar-refractivity contribution in [3.8, 4) is 11.3 Å². The van der Waals surface area contributed by atoms with Crippen LogP contribution in [0.15, 0.2) is 22.7 Å². The predicted octanol–water partition coefficient (Wildman–Crippen LogP) is 3.62. The second-order valence-corrected chi connectivity index (χ2v) is 5.42. The molecule has 6 heteroatoms. The number of carboxylic acids is 1. The summed E-state index contributed by atoms with van der Waals surface area (Å²) >= 11 is 0. The molecule has 1 heterocycles. The molecule has 0 atom stereocenters. The molecule has 4 nitrogen and oxygen atoms in total. The first-order chi connectivity index (χ1) is 9.21. The van der Waals surface area contributed by atoms with Crippen molar-refractivity contribution in [3.63, 3.8) is 0 Å². The fourth-order valence-electron chi connectivity index (χ4n) is 1.84. The summed E-state index contributed by atoms with van der Waals surface area (Å²) in [5, 5.41) is 13.0. The first-order valence-electron chi connectivity index (χ1n) is 5.90. The van der Waals surface area contributed by atoms with Gasteiger partial charge >= 0.3 is 5.97 Å². The predicted molar refractivity (Wildman–Crippen MR) is 67.5 cm³/mol. The lowest BCUT2D eigenvalue weighted by molar-refractivity contribution is 0.0692. The van der Waals surface area contributed by atoms with Crippen molar-refractivity contribution in [2.24, 2.45) is 0 Å². The number of carbonyl (C=O) groups is 1. The van der Waals surface area contributed by atoms with Crippen molar-refractivity contribution in [1.82, 2.24) is 5.16 Å². The molecule has 0 saturated carbocycles. The lowest BCUT2D eigenvalue weighted by Gasteiger charge is -2.14. The zero-order chi connectivity index (χ0) is 15.1. The molecule has 20 heavy (non-hydrogen) atoms. The summed E-state index contributed by atoms with van der Waals surface area (Å²) in [5.41, 5.74) is -0.567. The summed E-state index contributed by atoms with van der Waals surface area (Å²) < 4.78 is 31.3. The van der Waals surface area contributed by atoms with Crippen LogP contribution in [0.5, 0.6) is 0 Å². The topological polar surface area (TPSA) is 63.3 Å². The zero-order valence-corrected chi connectivity index (χ0v) is 11.2. The normalized spacial score (nSPS) is 11.7. The molecule has 1 aromatic heterocycles. The van der Waals surface area contributed by atoms with Gasteiger partial charge in [0.25, 0.3) is 0 Å². The molecule has 0 bridgehead atoms. The highest BCUT2D eigenvalue weighted by molar-refractivity contribution is 5.96. The summed E-state index contributed by atoms with van der Waals surface area (Å²) in [5.74, 6) is -3.12. The van der Waals surface area contributed by atoms with Crippen LogP contribution in [0.3, 0.4) is 0 Å². The molecule has 0 saturated heterocycles. The number of hydrogen-bond donors (Lipinski definition) is 1. The van der Waals surface area contributed by atoms with Crippen LogP contribution >= 0.6 is 0 Å². The standard InChI is InChI=1S/C14H13F2NO3/c1-14(2,3)12-10(13(18)19)11(17-20-12)7-4-5-8(15)9(16)6-7/h4-6H,1-3H3,(H,18,19). The Morgan fingerprint density at radius 2 is 1.90 bits per heavy atom. The summed E-state index contributed by atoms with van der Waals surface area (Å²) in [6.45, 7) is 5.32. The van der Waals surface area contributed by atoms with E-state index in [-0.39, 0.29) is 22.6 Å². The molecular weight excluding hydrogens is 268 g/mol. The van der Waals surface area contributed by atoms with Crippen molar-refractivity contribution >= 4 is 5.97 Å². The van der Waals surface area contributed by atoms with Crippen molar-refractivity contribution in [1.29, 1.82) is 0 Å². The summed E-state index contributed by atoms with van der Waals surface area (Å²) in [6.07, 6.45) is 0. The third-order valence-electron chi connectivity index (χ3n) is 2.78. The molecule has 0 radical (unpaired) electrons. The molecule has 2 aromatic rings. The smallest absolute Gasteiger partial charge is 0.341 e. The fourth-order valence-corrected chi connectivity index (χ4v) is 1.84. The van der Waals surface area contributed by atoms with Crippen LogP contribution in [0.4, 0.5) is 8.78 Å². The van der Waals surface area contributed by atoms with Gasteiger partial charge in [0.05, 0.1) is 0 Å². The molecule has 0 aliphatic heterocycles. The van der Waals surface area contributed by atoms with Crippen LogP contribution in [0.1, 0.15) is 36.9 Å². The van der Waals surface area contributed by atoms with E-state index in [0.717, 1.165) is 12.1 Å². The number of carboxylic acid groups (broad SMARTS) is 1. The molecule has 0 amide bonds. The fraction of sp³-hybridized carbons (Fsp3) is 0.286. The molecule has 0 aliphatic carbocycles. The van der Waals surface area contributed by atoms with Crippen LogP contribution in [-0.4, -0.2) is 16.2 Å². The van der Waals surface area contributed by atoms with E-state index in [1.54, 1.807) is 20.8 Å². The highest BCUT2D eigenvalue weighted by atomic mass is 19.2. The molecule has 106 valence electrons. The lowest BCUT2D eigenvalue weighted by atomic mass is 9.89. The first kappa shape index (κ1) is 14.2. The largest absolute Gasteiger partial charge is 0.477 e. The third kappa shape index (κ3) is 2.41. The number of hydrogen-bond acceptors (Lipinski definition) is 3. The Kier molecular flexibility index (Phi) is 3.33. The molecule has 1 N–H and O–H groups in total. The van der Waals surface area contributed by atoms with Crippen molar-refractivity contribution in [3.05, 3.63) is 41.2 Å². The Labute approximate surface area is 114 Å². The Morgan fingerprint density at radius 3 is 2.40 bits per heavy atom. The molecule has 0 fully saturated rings. The van der Waals surface area contributed by atoms with Gasteiger partial charge in [0.2, 0.25) is 0 Å². The first-order valence-corrected chi connectivity index (χ1v) is 5.90. The van der Waals surface area contributed by atoms with Crippen LogP contribution in [0, 0.1) is 11.6 Å². The number of rotatable bonds is 2. The number of aromatic nitrogens is 1. The van der Waals surface area contributed by atoms with E-state index in [4.69, 9.17) is 4.52 Å². The Hall–Kier alpha value is -2.24. The summed E-state index contributed by atoms with van der Waals surface area (Å²) in [4.78, 5) is 11.4. The molecular formula is C14H13F2NO3. The van der Waals surface area contributed by atoms with E-state index in [0.29, 0.717) is 0 Å². The van der Waals surface area contributed by atoms with E-state index in [9.17, 15) is 18.7 Å². The van der Waals surface area contributed by atoms with Crippen molar-refractivity contribution in [2.75, 3.05) is 0 Å². The molecule has 0 spiro atoms. The van der Waals surface area contributed by atoms with Crippen LogP contribution in [0.2, 0.25) is 0 Å². The van der Waals surface area contributed by atoms with Crippen molar-refractivity contribution < 1.29 is 23.2 Å². The minimum atomic E-state index is -1.23. The van der Waals surface area contributed by atoms with E-state index in [1.807, 2.05) is 0 Å². The number of nitrogens with zero attached hydrogens (tertiary/aromatic N) is 1. The average Bonchev–Trinajstić information content (AvgIpc) is 2.77. The van der Waals surface area contributed by atoms with Gasteiger partial charge in [-0.2, -0.15) is 0 Å². The van der Waals surface area contributed by atoms with Gasteiger partial charge in [-0.25, -0.2) is 13.6 Å². The highest BCUT2D eigenvalue weighted by Gasteiger charge is 2.31. The van der Waals surface area contributed by atoms with Gasteiger partial charge < -0.3 is 9.63 Å². The maximum atomic E-state index is 13.3. The molecule has 2 rings (SSSR count). The monoisotopic (exact) mass is 281 g/mol. The maximum Gasteiger partial charge on any atom is 0.341 e. The highest BCUT2D eigenvalue weighted by Crippen LogP contribution is 2.33. The lowest BCUT2D eigenvalue weighted by Crippen LogP contribution is -2.15. The zero-order valence-electron chi connectivity index (χ0n) is 11.2. The summed E-state index contributed by atoms with van der Waals surface area (Å²) in [7, 11) is 0. The van der Waals surface area contributed by atoms with Gasteiger partial charge in [-0.05, 0) is 18.2 Å². The van der Waals surface area contributed by atoms with Gasteiger partial charge in [0.15, 0.2) is 17.4 Å². The van der Waals surface area contributed by atoms with Crippen LogP contribution in [0.25, 0.3) is 11.3 Å². The molecule has 0 unspecified atom stereocenters. The van der Waals surface area contributed by atoms with Gasteiger partial charge in [0.1, 0.15) is 11.3 Å². The average molecular weight is 281 g/mol. The second kappa shape index (κ2) is 4.70. The Balaban J connectivity index is 2.66. The Bertz CT molecular complexity index is 672. The number of benzene rings is 1. The van der Waals surface area contributed by atoms with E-state index < -0.39 is 23.0 Å². The van der Waals surface area contributed by atoms with Gasteiger partial charge in [-0.1, -0.05) is 25.9 Å². The summed E-state index contributed by atoms with van der Waals surface area (Å²) in [6, 6.07) is 3.07. The van der Waals surface area contributed by atoms with Gasteiger partial charge in [-0.15, -0.1) is 0 Å². The minimum Gasteiger partial charge on any atom is -0.477 e. The third-order valence-corrected chi connectivity index (χ3v) is 2.78. The second-order valence-electron chi connectivity index (χ2n) is 5.42. The van der Waals surface area contributed by atoms with Gasteiger partial charge in [0, 0.05) is 11.0 Å². The van der Waals surface area contributed by atoms with E-state index in [2.05, 4.69) is 5.16 Å². The Morgan fingerprint density at radius 1 is 1.25 bits per heavy atom. The van der Waals surface area contributed by atoms with E-state index in [1.165, 1.54) is 6.07 Å². The quantitative estimate of drug-likeness (QED) is 0.913. The molecule has 1 aromatic carbocycles. The van der Waals surface area contributed by atoms with Crippen LogP contribution < -0.4 is 0 Å². The minimum absolute atomic E-state index is 0.0127. The number of halogens is 2. The van der Waals surface area contributed by atoms with Crippen molar-refractivity contribution in [2.45, 2.75) is 26.2 Å².